The summed E-state index contributed by atoms with van der Waals surface area (Å²) in [6, 6.07) is 18.4. The highest BCUT2D eigenvalue weighted by molar-refractivity contribution is 8.00. The Kier molecular flexibility index (Phi) is 7.75. The summed E-state index contributed by atoms with van der Waals surface area (Å²) in [7, 11) is 1.54. The molecule has 2 aliphatic heterocycles. The number of thiazole rings is 1. The number of hydrogen-bond donors (Lipinski definition) is 2. The van der Waals surface area contributed by atoms with Gasteiger partial charge in [-0.1, -0.05) is 58.4 Å². The van der Waals surface area contributed by atoms with Crippen LogP contribution in [-0.4, -0.2) is 41.7 Å². The number of aromatic nitrogens is 1. The van der Waals surface area contributed by atoms with E-state index in [9.17, 15) is 19.2 Å². The molecule has 9 nitrogen and oxygen atoms in total. The maximum atomic E-state index is 13.8. The maximum Gasteiger partial charge on any atom is 0.305 e. The van der Waals surface area contributed by atoms with Gasteiger partial charge in [-0.15, -0.1) is 0 Å². The summed E-state index contributed by atoms with van der Waals surface area (Å²) < 4.78 is 10.9. The summed E-state index contributed by atoms with van der Waals surface area (Å²) in [4.78, 5) is 56.6. The van der Waals surface area contributed by atoms with E-state index >= 15 is 0 Å². The van der Waals surface area contributed by atoms with E-state index < -0.39 is 17.1 Å². The van der Waals surface area contributed by atoms with Crippen LogP contribution in [0.15, 0.2) is 76.6 Å². The summed E-state index contributed by atoms with van der Waals surface area (Å²) in [5.74, 6) is -1.26. The molecule has 0 bridgehead atoms. The fourth-order valence-corrected chi connectivity index (χ4v) is 7.87. The Hall–Kier alpha value is -3.77. The second kappa shape index (κ2) is 11.5. The van der Waals surface area contributed by atoms with Gasteiger partial charge < -0.3 is 19.8 Å². The Morgan fingerprint density at radius 3 is 2.36 bits per heavy atom. The van der Waals surface area contributed by atoms with Gasteiger partial charge in [-0.3, -0.25) is 19.2 Å². The summed E-state index contributed by atoms with van der Waals surface area (Å²) in [5, 5.41) is 3.28. The van der Waals surface area contributed by atoms with Crippen molar-refractivity contribution in [3.8, 4) is 11.5 Å². The Morgan fingerprint density at radius 2 is 1.67 bits per heavy atom. The fourth-order valence-electron chi connectivity index (χ4n) is 5.05. The number of methoxy groups -OCH3 is 1. The molecule has 0 spiro atoms. The Balaban J connectivity index is 1.23. The predicted octanol–water partition coefficient (Wildman–Crippen LogP) is 5.57. The van der Waals surface area contributed by atoms with Gasteiger partial charge in [0.25, 0.3) is 5.91 Å². The Bertz CT molecular complexity index is 1760. The normalized spacial score (nSPS) is 19.3. The summed E-state index contributed by atoms with van der Waals surface area (Å²) in [5.41, 5.74) is 1.69. The molecule has 3 atom stereocenters. The minimum absolute atomic E-state index is 0.252. The number of nitrogens with zero attached hydrogens (tertiary/aromatic N) is 1. The molecule has 6 rings (SSSR count). The van der Waals surface area contributed by atoms with Gasteiger partial charge in [0.1, 0.15) is 16.7 Å². The van der Waals surface area contributed by atoms with Crippen LogP contribution in [0.25, 0.3) is 0 Å². The molecule has 1 fully saturated rings. The highest BCUT2D eigenvalue weighted by atomic mass is 35.5. The van der Waals surface area contributed by atoms with Crippen LogP contribution in [0.1, 0.15) is 16.4 Å². The number of fused-ring (bicyclic) bond motifs is 2. The molecule has 1 aromatic heterocycles. The molecule has 3 heterocycles. The SMILES string of the molecule is COc1ccc(N2C(=O)[C@H]3[C@H](c4ccc(OCC(=O)Nc5ccc(Cl)c(Cl)c5)cc4)c4sc(=O)[nH]c4S[C@H]3C2=O)cc1. The van der Waals surface area contributed by atoms with Crippen LogP contribution in [0.3, 0.4) is 0 Å². The quantitative estimate of drug-likeness (QED) is 0.254. The lowest BCUT2D eigenvalue weighted by Crippen LogP contribution is -2.32. The topological polar surface area (TPSA) is 118 Å². The second-order valence-electron chi connectivity index (χ2n) is 9.49. The van der Waals surface area contributed by atoms with Crippen molar-refractivity contribution in [3.05, 3.63) is 96.9 Å². The number of carbonyl (C=O) groups excluding carboxylic acids is 3. The summed E-state index contributed by atoms with van der Waals surface area (Å²) in [6.45, 7) is -0.252. The minimum atomic E-state index is -0.715. The number of benzene rings is 3. The van der Waals surface area contributed by atoms with Crippen molar-refractivity contribution in [3.63, 3.8) is 0 Å². The number of thioether (sulfide) groups is 1. The molecule has 1 saturated heterocycles. The van der Waals surface area contributed by atoms with Crippen LogP contribution in [0.2, 0.25) is 10.0 Å². The number of hydrogen-bond acceptors (Lipinski definition) is 8. The zero-order chi connectivity index (χ0) is 29.5. The van der Waals surface area contributed by atoms with E-state index in [-0.39, 0.29) is 29.2 Å². The molecular weight excluding hydrogens is 621 g/mol. The van der Waals surface area contributed by atoms with Crippen LogP contribution in [0, 0.1) is 5.92 Å². The van der Waals surface area contributed by atoms with E-state index in [4.69, 9.17) is 32.7 Å². The number of ether oxygens (including phenoxy) is 2. The maximum absolute atomic E-state index is 13.8. The highest BCUT2D eigenvalue weighted by Crippen LogP contribution is 2.53. The van der Waals surface area contributed by atoms with E-state index in [2.05, 4.69) is 10.3 Å². The van der Waals surface area contributed by atoms with Gasteiger partial charge >= 0.3 is 4.87 Å². The largest absolute Gasteiger partial charge is 0.497 e. The van der Waals surface area contributed by atoms with Gasteiger partial charge in [0.15, 0.2) is 6.61 Å². The molecule has 0 radical (unpaired) electrons. The first kappa shape index (κ1) is 28.4. The Morgan fingerprint density at radius 1 is 0.952 bits per heavy atom. The summed E-state index contributed by atoms with van der Waals surface area (Å²) >= 11 is 14.2. The molecule has 3 aromatic carbocycles. The molecule has 3 amide bonds. The average Bonchev–Trinajstić information content (AvgIpc) is 3.48. The van der Waals surface area contributed by atoms with Crippen molar-refractivity contribution in [2.75, 3.05) is 23.9 Å². The lowest BCUT2D eigenvalue weighted by Gasteiger charge is -2.29. The molecule has 13 heteroatoms. The number of halogens is 2. The smallest absolute Gasteiger partial charge is 0.305 e. The number of nitrogens with one attached hydrogen (secondary N) is 2. The third-order valence-corrected chi connectivity index (χ3v) is 10.1. The lowest BCUT2D eigenvalue weighted by atomic mass is 9.83. The molecule has 2 N–H and O–H groups in total. The highest BCUT2D eigenvalue weighted by Gasteiger charge is 2.56. The summed E-state index contributed by atoms with van der Waals surface area (Å²) in [6.07, 6.45) is 0. The number of H-pyrrole nitrogens is 1. The molecule has 42 heavy (non-hydrogen) atoms. The van der Waals surface area contributed by atoms with Crippen LogP contribution in [-0.2, 0) is 14.4 Å². The minimum Gasteiger partial charge on any atom is -0.497 e. The number of amides is 3. The van der Waals surface area contributed by atoms with Crippen LogP contribution in [0.5, 0.6) is 11.5 Å². The fraction of sp³-hybridized carbons (Fsp3) is 0.172. The van der Waals surface area contributed by atoms with Crippen LogP contribution < -0.4 is 24.6 Å². The number of imide groups is 1. The van der Waals surface area contributed by atoms with Gasteiger partial charge in [-0.05, 0) is 60.2 Å². The van der Waals surface area contributed by atoms with Crippen molar-refractivity contribution >= 4 is 75.4 Å². The number of rotatable bonds is 7. The third-order valence-electron chi connectivity index (χ3n) is 6.97. The van der Waals surface area contributed by atoms with Crippen LogP contribution >= 0.6 is 46.3 Å². The monoisotopic (exact) mass is 641 g/mol. The third kappa shape index (κ3) is 5.29. The van der Waals surface area contributed by atoms with E-state index in [0.717, 1.165) is 16.9 Å². The molecule has 4 aromatic rings. The van der Waals surface area contributed by atoms with Gasteiger partial charge in [0.05, 0.1) is 33.8 Å². The standard InChI is InChI=1S/C29H21Cl2N3O6S2/c1-39-17-9-5-16(6-10-17)34-27(36)23-22(24-26(33-29(38)42-24)41-25(23)28(34)37)14-2-7-18(8-3-14)40-13-21(35)32-15-4-11-19(30)20(31)12-15/h2-12,22-23,25H,13H2,1H3,(H,32,35)(H,33,38)/t22-,23-,25+/m0/s1. The molecule has 2 aliphatic rings. The molecule has 0 aliphatic carbocycles. The predicted molar refractivity (Wildman–Crippen MR) is 162 cm³/mol. The van der Waals surface area contributed by atoms with Gasteiger partial charge in [0, 0.05) is 16.5 Å². The Labute approximate surface area is 257 Å². The zero-order valence-electron chi connectivity index (χ0n) is 21.8. The second-order valence-corrected chi connectivity index (χ2v) is 12.5. The molecule has 0 unspecified atom stereocenters. The van der Waals surface area contributed by atoms with Crippen molar-refractivity contribution in [1.29, 1.82) is 0 Å². The number of anilines is 2. The lowest BCUT2D eigenvalue weighted by molar-refractivity contribution is -0.122. The van der Waals surface area contributed by atoms with E-state index in [1.807, 2.05) is 0 Å². The van der Waals surface area contributed by atoms with Crippen molar-refractivity contribution in [2.24, 2.45) is 5.92 Å². The van der Waals surface area contributed by atoms with Gasteiger partial charge in [-0.25, -0.2) is 4.90 Å². The van der Waals surface area contributed by atoms with Crippen molar-refractivity contribution < 1.29 is 23.9 Å². The van der Waals surface area contributed by atoms with Crippen LogP contribution in [0.4, 0.5) is 11.4 Å². The van der Waals surface area contributed by atoms with E-state index in [1.54, 1.807) is 73.8 Å². The molecule has 0 saturated carbocycles. The molecular formula is C29H21Cl2N3O6S2. The number of carbonyl (C=O) groups is 3. The first-order valence-electron chi connectivity index (χ1n) is 12.6. The van der Waals surface area contributed by atoms with Gasteiger partial charge in [0.2, 0.25) is 11.8 Å². The van der Waals surface area contributed by atoms with E-state index in [1.165, 1.54) is 16.7 Å². The van der Waals surface area contributed by atoms with Gasteiger partial charge in [-0.2, -0.15) is 0 Å². The van der Waals surface area contributed by atoms with Crippen molar-refractivity contribution in [2.45, 2.75) is 16.2 Å². The van der Waals surface area contributed by atoms with E-state index in [0.29, 0.717) is 42.8 Å². The van der Waals surface area contributed by atoms with Crippen molar-refractivity contribution in [1.82, 2.24) is 4.98 Å². The number of aromatic amines is 1. The first-order chi connectivity index (χ1) is 20.2. The molecule has 214 valence electrons. The average molecular weight is 643 g/mol. The zero-order valence-corrected chi connectivity index (χ0v) is 24.9. The first-order valence-corrected chi connectivity index (χ1v) is 15.1.